The first-order valence-electron chi connectivity index (χ1n) is 13.5. The molecule has 4 aromatic carbocycles. The van der Waals surface area contributed by atoms with E-state index in [-0.39, 0.29) is 35.6 Å². The molecule has 7 rings (SSSR count). The van der Waals surface area contributed by atoms with Gasteiger partial charge in [-0.3, -0.25) is 6.08 Å². The third-order valence-corrected chi connectivity index (χ3v) is 8.77. The zero-order chi connectivity index (χ0) is 27.1. The molecule has 0 saturated carbocycles. The summed E-state index contributed by atoms with van der Waals surface area (Å²) in [4.78, 5) is 0. The van der Waals surface area contributed by atoms with Gasteiger partial charge in [0.25, 0.3) is 0 Å². The normalized spacial score (nSPS) is 15.6. The van der Waals surface area contributed by atoms with E-state index in [0.717, 1.165) is 6.42 Å². The predicted molar refractivity (Wildman–Crippen MR) is 160 cm³/mol. The Balaban J connectivity index is 0.000000244. The first kappa shape index (κ1) is 32.3. The fraction of sp³-hybridized carbons (Fsp3) is 0.243. The molecule has 0 atom stereocenters. The maximum Gasteiger partial charge on any atom is -0.172 e. The summed E-state index contributed by atoms with van der Waals surface area (Å²) >= 11 is 1.46. The van der Waals surface area contributed by atoms with Crippen LogP contribution in [0.2, 0.25) is 0 Å². The maximum absolute atomic E-state index is 3.65. The molecule has 204 valence electrons. The fourth-order valence-corrected chi connectivity index (χ4v) is 6.62. The number of rotatable bonds is 1. The summed E-state index contributed by atoms with van der Waals surface area (Å²) in [5.41, 5.74) is 15.9. The summed E-state index contributed by atoms with van der Waals surface area (Å²) in [5.74, 6) is 0. The topological polar surface area (TPSA) is 0 Å². The Morgan fingerprint density at radius 3 is 1.85 bits per heavy atom. The van der Waals surface area contributed by atoms with E-state index in [0.29, 0.717) is 0 Å². The van der Waals surface area contributed by atoms with Crippen LogP contribution in [0.4, 0.5) is 0 Å². The monoisotopic (exact) mass is 640 g/mol. The second-order valence-electron chi connectivity index (χ2n) is 11.7. The number of halogens is 2. The Bertz CT molecular complexity index is 1450. The van der Waals surface area contributed by atoms with Crippen LogP contribution in [0.1, 0.15) is 80.5 Å². The molecule has 0 heterocycles. The van der Waals surface area contributed by atoms with Crippen molar-refractivity contribution in [2.24, 2.45) is 0 Å². The van der Waals surface area contributed by atoms with Crippen LogP contribution in [0.5, 0.6) is 0 Å². The molecule has 0 saturated heterocycles. The summed E-state index contributed by atoms with van der Waals surface area (Å²) in [6.07, 6.45) is 7.13. The van der Waals surface area contributed by atoms with Crippen LogP contribution in [0.15, 0.2) is 91.0 Å². The van der Waals surface area contributed by atoms with Crippen molar-refractivity contribution in [1.82, 2.24) is 0 Å². The molecular weight excluding hydrogens is 607 g/mol. The molecule has 0 aromatic heterocycles. The summed E-state index contributed by atoms with van der Waals surface area (Å²) < 4.78 is 2.17. The Morgan fingerprint density at radius 2 is 1.32 bits per heavy atom. The van der Waals surface area contributed by atoms with Gasteiger partial charge in [-0.25, -0.2) is 17.7 Å². The average molecular weight is 643 g/mol. The van der Waals surface area contributed by atoms with Crippen molar-refractivity contribution in [3.8, 4) is 11.1 Å². The molecule has 3 aliphatic carbocycles. The van der Waals surface area contributed by atoms with Crippen molar-refractivity contribution in [3.63, 3.8) is 0 Å². The largest absolute Gasteiger partial charge is 0.214 e. The van der Waals surface area contributed by atoms with Gasteiger partial charge in [0, 0.05) is 5.41 Å². The van der Waals surface area contributed by atoms with E-state index in [1.54, 1.807) is 0 Å². The van der Waals surface area contributed by atoms with E-state index in [2.05, 4.69) is 106 Å². The molecule has 0 bridgehead atoms. The molecule has 0 unspecified atom stereocenters. The van der Waals surface area contributed by atoms with E-state index in [9.17, 15) is 0 Å². The Morgan fingerprint density at radius 1 is 0.750 bits per heavy atom. The van der Waals surface area contributed by atoms with E-state index in [1.807, 2.05) is 36.4 Å². The van der Waals surface area contributed by atoms with E-state index in [4.69, 9.17) is 0 Å². The number of hydrogen-bond acceptors (Lipinski definition) is 0. The summed E-state index contributed by atoms with van der Waals surface area (Å²) in [6.45, 7) is 13.7. The average Bonchev–Trinajstić information content (AvgIpc) is 3.66. The number of benzene rings is 3. The van der Waals surface area contributed by atoms with E-state index in [1.165, 1.54) is 85.5 Å². The van der Waals surface area contributed by atoms with Crippen molar-refractivity contribution in [3.05, 3.63) is 136 Å². The molecule has 0 fully saturated rings. The minimum atomic E-state index is 0. The predicted octanol–water partition coefficient (Wildman–Crippen LogP) is 3.25. The van der Waals surface area contributed by atoms with Gasteiger partial charge in [-0.15, -0.1) is 11.6 Å². The standard InChI is InChI=1S/C25H25.C7H6.C5H5.2ClH.Zr/c1-14-12-24(3,4)22-8-16-7-17-9-23-19(15(2)13-25(23,5)6)11-21(17)20(16)10-18(14)22;1-7-5-3-2-4-6-7;1-2-4-5-3-1;;;/h8-12H,7H2,1-6H3;1-6H;1-5H;2*1H;/q-1;;-1;;;+2/p-2. The quantitative estimate of drug-likeness (QED) is 0.247. The summed E-state index contributed by atoms with van der Waals surface area (Å²) in [5, 5.41) is 0. The number of fused-ring (bicyclic) bond motifs is 5. The van der Waals surface area contributed by atoms with Crippen molar-refractivity contribution < 1.29 is 49.0 Å². The third-order valence-electron chi connectivity index (χ3n) is 7.95. The number of hydrogen-bond donors (Lipinski definition) is 0. The van der Waals surface area contributed by atoms with Gasteiger partial charge in [0.05, 0.1) is 0 Å². The molecule has 4 aromatic rings. The first-order valence-corrected chi connectivity index (χ1v) is 14.9. The van der Waals surface area contributed by atoms with Gasteiger partial charge in [0.15, 0.2) is 0 Å². The minimum Gasteiger partial charge on any atom is -0.214 e. The maximum atomic E-state index is 3.65. The van der Waals surface area contributed by atoms with Gasteiger partial charge in [-0.2, -0.15) is 23.8 Å². The van der Waals surface area contributed by atoms with Crippen LogP contribution >= 0.6 is 0 Å². The first-order chi connectivity index (χ1) is 18.1. The van der Waals surface area contributed by atoms with E-state index >= 15 is 0 Å². The zero-order valence-corrected chi connectivity index (χ0v) is 28.2. The zero-order valence-electron chi connectivity index (χ0n) is 24.2. The smallest absolute Gasteiger partial charge is 0.172 e. The Kier molecular flexibility index (Phi) is 10.3. The molecule has 3 aliphatic rings. The van der Waals surface area contributed by atoms with Crippen LogP contribution in [-0.4, -0.2) is 3.71 Å². The van der Waals surface area contributed by atoms with Gasteiger partial charge in [-0.1, -0.05) is 58.2 Å². The van der Waals surface area contributed by atoms with Crippen molar-refractivity contribution in [2.45, 2.75) is 58.8 Å². The Hall–Kier alpha value is -2.18. The molecule has 0 amide bonds. The van der Waals surface area contributed by atoms with Crippen molar-refractivity contribution in [2.75, 3.05) is 0 Å². The molecule has 0 radical (unpaired) electrons. The molecule has 0 nitrogen and oxygen atoms in total. The molecule has 0 aliphatic heterocycles. The second-order valence-corrected chi connectivity index (χ2v) is 12.4. The van der Waals surface area contributed by atoms with Gasteiger partial charge in [0.1, 0.15) is 0 Å². The van der Waals surface area contributed by atoms with Crippen LogP contribution in [-0.2, 0) is 41.5 Å². The number of allylic oxidation sites excluding steroid dienone is 4. The van der Waals surface area contributed by atoms with E-state index < -0.39 is 0 Å². The Labute approximate surface area is 268 Å². The van der Waals surface area contributed by atoms with Crippen molar-refractivity contribution in [1.29, 1.82) is 0 Å². The van der Waals surface area contributed by atoms with Crippen LogP contribution < -0.4 is 24.8 Å². The van der Waals surface area contributed by atoms with Gasteiger partial charge < -0.3 is 24.8 Å². The van der Waals surface area contributed by atoms with Crippen LogP contribution in [0.3, 0.4) is 0 Å². The molecule has 3 heteroatoms. The molecular formula is C37H36Cl2Zr-2. The van der Waals surface area contributed by atoms with Crippen LogP contribution in [0, 0.1) is 6.08 Å². The summed E-state index contributed by atoms with van der Waals surface area (Å²) in [7, 11) is 0. The minimum absolute atomic E-state index is 0. The summed E-state index contributed by atoms with van der Waals surface area (Å²) in [6, 6.07) is 30.2. The fourth-order valence-electron chi connectivity index (χ4n) is 6.15. The molecule has 0 N–H and O–H groups in total. The van der Waals surface area contributed by atoms with Crippen molar-refractivity contribution >= 4 is 14.9 Å². The van der Waals surface area contributed by atoms with Gasteiger partial charge in [0.2, 0.25) is 0 Å². The molecule has 0 spiro atoms. The van der Waals surface area contributed by atoms with Gasteiger partial charge >= 0.3 is 63.8 Å². The molecule has 40 heavy (non-hydrogen) atoms. The van der Waals surface area contributed by atoms with Crippen LogP contribution in [0.25, 0.3) is 22.3 Å². The second kappa shape index (κ2) is 12.8. The van der Waals surface area contributed by atoms with Gasteiger partial charge in [-0.05, 0) is 58.4 Å². The third kappa shape index (κ3) is 6.33. The SMILES string of the molecule is CC1=[C-]C(C)(C)c2cc3c(cc21)-c1cc2c(cc1C3)C(C)(C)C=C2C.[Cl-].[Cl-].[Zr+2]=[CH]c1ccccc1.c1cc[cH-]c1.